The second-order valence-electron chi connectivity index (χ2n) is 11.7. The molecule has 1 saturated heterocycles. The predicted molar refractivity (Wildman–Crippen MR) is 149 cm³/mol. The molecule has 6 rings (SSSR count). The Balaban J connectivity index is 1.26. The zero-order valence-electron chi connectivity index (χ0n) is 23.7. The van der Waals surface area contributed by atoms with E-state index in [2.05, 4.69) is 5.32 Å². The van der Waals surface area contributed by atoms with Crippen molar-refractivity contribution in [3.8, 4) is 17.2 Å². The second-order valence-corrected chi connectivity index (χ2v) is 11.7. The number of nitrogens with zero attached hydrogens (tertiary/aromatic N) is 2. The highest BCUT2D eigenvalue weighted by Gasteiger charge is 2.56. The maximum absolute atomic E-state index is 14.0. The number of hydrogen-bond acceptors (Lipinski definition) is 9. The number of aromatic nitrogens is 1. The molecule has 0 spiro atoms. The lowest BCUT2D eigenvalue weighted by molar-refractivity contribution is -0.133. The second kappa shape index (κ2) is 9.43. The zero-order valence-corrected chi connectivity index (χ0v) is 23.7. The van der Waals surface area contributed by atoms with Crippen LogP contribution in [0.5, 0.6) is 17.2 Å². The van der Waals surface area contributed by atoms with Crippen LogP contribution in [-0.2, 0) is 26.3 Å². The molecular formula is C31H31N3O8. The molecule has 1 aromatic carbocycles. The van der Waals surface area contributed by atoms with Crippen LogP contribution < -0.4 is 15.6 Å². The molecule has 11 heteroatoms. The Morgan fingerprint density at radius 1 is 1.10 bits per heavy atom. The molecule has 218 valence electrons. The van der Waals surface area contributed by atoms with Crippen LogP contribution in [0.25, 0.3) is 0 Å². The predicted octanol–water partition coefficient (Wildman–Crippen LogP) is 1.97. The summed E-state index contributed by atoms with van der Waals surface area (Å²) in [6.07, 6.45) is 2.05. The van der Waals surface area contributed by atoms with Gasteiger partial charge in [0.25, 0.3) is 5.56 Å². The van der Waals surface area contributed by atoms with Crippen molar-refractivity contribution in [3.63, 3.8) is 0 Å². The lowest BCUT2D eigenvalue weighted by atomic mass is 9.70. The van der Waals surface area contributed by atoms with E-state index in [1.165, 1.54) is 27.7 Å². The lowest BCUT2D eigenvalue weighted by Gasteiger charge is -2.42. The summed E-state index contributed by atoms with van der Waals surface area (Å²) < 4.78 is 7.58. The van der Waals surface area contributed by atoms with Gasteiger partial charge in [0.15, 0.2) is 17.3 Å². The van der Waals surface area contributed by atoms with E-state index in [-0.39, 0.29) is 69.3 Å². The van der Waals surface area contributed by atoms with Gasteiger partial charge in [-0.05, 0) is 46.1 Å². The molecule has 0 saturated carbocycles. The van der Waals surface area contributed by atoms with Gasteiger partial charge >= 0.3 is 0 Å². The molecule has 42 heavy (non-hydrogen) atoms. The van der Waals surface area contributed by atoms with Crippen LogP contribution in [0.2, 0.25) is 0 Å². The van der Waals surface area contributed by atoms with Crippen molar-refractivity contribution in [2.24, 2.45) is 5.92 Å². The number of likely N-dealkylation sites (tertiary alicyclic amines) is 1. The van der Waals surface area contributed by atoms with E-state index in [0.29, 0.717) is 19.6 Å². The zero-order chi connectivity index (χ0) is 30.2. The number of Topliss-reactive ketones (excluding diaryl/α,β-unsaturated/α-hetero) is 2. The van der Waals surface area contributed by atoms with Gasteiger partial charge in [0.2, 0.25) is 5.91 Å². The number of hydrogen-bond donors (Lipinski definition) is 3. The number of amides is 1. The minimum absolute atomic E-state index is 0.00683. The van der Waals surface area contributed by atoms with Gasteiger partial charge in [-0.3, -0.25) is 24.0 Å². The van der Waals surface area contributed by atoms with E-state index in [9.17, 15) is 34.2 Å². The number of rotatable bonds is 4. The monoisotopic (exact) mass is 573 g/mol. The Kier molecular flexibility index (Phi) is 6.18. The molecule has 1 fully saturated rings. The first-order valence-electron chi connectivity index (χ1n) is 13.9. The molecule has 2 aromatic rings. The molecule has 1 aromatic heterocycles. The van der Waals surface area contributed by atoms with Crippen LogP contribution in [0.15, 0.2) is 46.1 Å². The summed E-state index contributed by atoms with van der Waals surface area (Å²) in [5.74, 6) is -2.88. The molecule has 3 aliphatic heterocycles. The van der Waals surface area contributed by atoms with Crippen LogP contribution in [0.3, 0.4) is 0 Å². The van der Waals surface area contributed by atoms with E-state index in [1.807, 2.05) is 6.07 Å². The van der Waals surface area contributed by atoms with Gasteiger partial charge in [0.05, 0.1) is 17.7 Å². The summed E-state index contributed by atoms with van der Waals surface area (Å²) in [5.41, 5.74) is -0.896. The highest BCUT2D eigenvalue weighted by Crippen LogP contribution is 2.57. The van der Waals surface area contributed by atoms with E-state index in [1.54, 1.807) is 21.6 Å². The Bertz CT molecular complexity index is 1750. The quantitative estimate of drug-likeness (QED) is 0.283. The largest absolute Gasteiger partial charge is 0.507 e. The smallest absolute Gasteiger partial charge is 0.250 e. The van der Waals surface area contributed by atoms with Crippen LogP contribution >= 0.6 is 0 Å². The highest BCUT2D eigenvalue weighted by atomic mass is 16.5. The third kappa shape index (κ3) is 3.83. The normalized spacial score (nSPS) is 25.1. The number of carbonyl (C=O) groups is 4. The Morgan fingerprint density at radius 2 is 1.83 bits per heavy atom. The summed E-state index contributed by atoms with van der Waals surface area (Å²) in [5, 5.41) is 24.4. The summed E-state index contributed by atoms with van der Waals surface area (Å²) in [7, 11) is 0. The van der Waals surface area contributed by atoms with Crippen molar-refractivity contribution >= 4 is 23.3 Å². The number of pyridine rings is 1. The Morgan fingerprint density at radius 3 is 2.55 bits per heavy atom. The van der Waals surface area contributed by atoms with Crippen LogP contribution in [0.4, 0.5) is 0 Å². The molecule has 0 radical (unpaired) electrons. The van der Waals surface area contributed by atoms with Crippen molar-refractivity contribution in [1.82, 2.24) is 14.8 Å². The molecule has 3 N–H and O–H groups in total. The number of fused-ring (bicyclic) bond motifs is 7. The van der Waals surface area contributed by atoms with Gasteiger partial charge in [-0.25, -0.2) is 0 Å². The molecule has 1 aliphatic carbocycles. The Labute approximate surface area is 241 Å². The molecule has 4 aliphatic rings. The van der Waals surface area contributed by atoms with Crippen molar-refractivity contribution < 1.29 is 34.1 Å². The molecule has 3 atom stereocenters. The van der Waals surface area contributed by atoms with Crippen molar-refractivity contribution in [3.05, 3.63) is 74.0 Å². The van der Waals surface area contributed by atoms with E-state index >= 15 is 0 Å². The average Bonchev–Trinajstić information content (AvgIpc) is 3.23. The minimum Gasteiger partial charge on any atom is -0.507 e. The van der Waals surface area contributed by atoms with Crippen LogP contribution in [0, 0.1) is 12.8 Å². The number of ketones is 3. The number of aromatic hydroxyl groups is 2. The van der Waals surface area contributed by atoms with E-state index in [0.717, 1.165) is 18.2 Å². The fourth-order valence-electron chi connectivity index (χ4n) is 6.87. The van der Waals surface area contributed by atoms with Gasteiger partial charge in [0.1, 0.15) is 34.0 Å². The fraction of sp³-hybridized carbons (Fsp3) is 0.387. The molecular weight excluding hydrogens is 542 g/mol. The molecule has 11 nitrogen and oxygen atoms in total. The van der Waals surface area contributed by atoms with Gasteiger partial charge in [-0.2, -0.15) is 0 Å². The minimum atomic E-state index is -1.63. The number of allylic oxidation sites excluding steroid dienone is 4. The first kappa shape index (κ1) is 27.5. The van der Waals surface area contributed by atoms with Crippen LogP contribution in [0.1, 0.15) is 60.3 Å². The van der Waals surface area contributed by atoms with Crippen molar-refractivity contribution in [2.45, 2.75) is 52.0 Å². The molecule has 2 unspecified atom stereocenters. The van der Waals surface area contributed by atoms with Gasteiger partial charge in [0, 0.05) is 54.6 Å². The third-order valence-electron chi connectivity index (χ3n) is 9.10. The topological polar surface area (TPSA) is 155 Å². The van der Waals surface area contributed by atoms with Crippen molar-refractivity contribution in [1.29, 1.82) is 0 Å². The average molecular weight is 574 g/mol. The summed E-state index contributed by atoms with van der Waals surface area (Å²) in [6.45, 7) is 7.06. The number of phenolic OH excluding ortho intramolecular Hbond substituents is 2. The fourth-order valence-corrected chi connectivity index (χ4v) is 6.87. The maximum Gasteiger partial charge on any atom is 0.250 e. The van der Waals surface area contributed by atoms with Crippen molar-refractivity contribution in [2.75, 3.05) is 19.6 Å². The van der Waals surface area contributed by atoms with Gasteiger partial charge in [-0.1, -0.05) is 6.07 Å². The first-order valence-corrected chi connectivity index (χ1v) is 13.9. The SMILES string of the molecule is CC(=O)c1c(O)c(C)c(O)c2c1OC1=CC(=O)C(=C(C)NCC(=O)N3CC4CC(C3)c3cccc(=O)n3C4)C(=O)[C@@]12C. The Hall–Kier alpha value is -4.67. The molecule has 1 amide bonds. The van der Waals surface area contributed by atoms with Crippen LogP contribution in [-0.4, -0.2) is 62.6 Å². The van der Waals surface area contributed by atoms with E-state index in [4.69, 9.17) is 4.74 Å². The molecule has 4 heterocycles. The summed E-state index contributed by atoms with van der Waals surface area (Å²) >= 11 is 0. The number of benzene rings is 1. The first-order chi connectivity index (χ1) is 19.8. The number of nitrogens with one attached hydrogen (secondary N) is 1. The lowest BCUT2D eigenvalue weighted by Crippen LogP contribution is -2.51. The molecule has 2 bridgehead atoms. The summed E-state index contributed by atoms with van der Waals surface area (Å²) in [6, 6.07) is 5.21. The highest BCUT2D eigenvalue weighted by molar-refractivity contribution is 6.31. The van der Waals surface area contributed by atoms with E-state index < -0.39 is 34.3 Å². The number of piperidine rings is 1. The maximum atomic E-state index is 14.0. The standard InChI is InChI=1S/C31H31N3O8/c1-14-27(39)25(16(3)35)29-26(28(14)40)31(4)21(42-29)9-20(36)24(30(31)41)15(2)32-10-23(38)33-11-17-8-18(13-33)19-6-5-7-22(37)34(19)12-17/h5-7,9,17-18,32,39-40H,8,10-13H2,1-4H3/t17?,18?,31-/m0/s1. The number of ether oxygens (including phenoxy) is 1. The van der Waals surface area contributed by atoms with Gasteiger partial charge < -0.3 is 29.7 Å². The number of phenols is 2. The summed E-state index contributed by atoms with van der Waals surface area (Å²) in [4.78, 5) is 66.8. The van der Waals surface area contributed by atoms with Gasteiger partial charge in [-0.15, -0.1) is 0 Å². The number of carbonyl (C=O) groups excluding carboxylic acids is 4. The third-order valence-corrected chi connectivity index (χ3v) is 9.10.